The van der Waals surface area contributed by atoms with Crippen LogP contribution in [0.15, 0.2) is 6.07 Å². The Hall–Kier alpha value is -0.910. The van der Waals surface area contributed by atoms with Gasteiger partial charge in [-0.05, 0) is 31.4 Å². The molecule has 1 saturated heterocycles. The van der Waals surface area contributed by atoms with Gasteiger partial charge in [-0.15, -0.1) is 11.3 Å². The van der Waals surface area contributed by atoms with Crippen molar-refractivity contribution in [1.29, 1.82) is 0 Å². The first kappa shape index (κ1) is 14.5. The third-order valence-electron chi connectivity index (χ3n) is 3.51. The van der Waals surface area contributed by atoms with Crippen molar-refractivity contribution in [2.24, 2.45) is 0 Å². The number of carboxylic acid groups (broad SMARTS) is 1. The summed E-state index contributed by atoms with van der Waals surface area (Å²) in [5.74, 6) is -0.829. The molecule has 1 aliphatic heterocycles. The van der Waals surface area contributed by atoms with Gasteiger partial charge in [0.2, 0.25) is 0 Å². The van der Waals surface area contributed by atoms with Crippen molar-refractivity contribution in [3.8, 4) is 0 Å². The maximum Gasteiger partial charge on any atom is 0.345 e. The average Bonchev–Trinajstić information content (AvgIpc) is 2.61. The van der Waals surface area contributed by atoms with Crippen LogP contribution in [0.1, 0.15) is 39.9 Å². The zero-order valence-electron chi connectivity index (χ0n) is 11.5. The molecule has 0 aliphatic carbocycles. The van der Waals surface area contributed by atoms with Gasteiger partial charge in [0.15, 0.2) is 0 Å². The van der Waals surface area contributed by atoms with Crippen LogP contribution in [0.5, 0.6) is 0 Å². The Kier molecular flexibility index (Phi) is 4.96. The van der Waals surface area contributed by atoms with E-state index in [-0.39, 0.29) is 0 Å². The van der Waals surface area contributed by atoms with E-state index in [1.165, 1.54) is 11.3 Å². The Morgan fingerprint density at radius 2 is 2.42 bits per heavy atom. The van der Waals surface area contributed by atoms with E-state index in [1.54, 1.807) is 0 Å². The lowest BCUT2D eigenvalue weighted by Crippen LogP contribution is -2.31. The summed E-state index contributed by atoms with van der Waals surface area (Å²) in [7, 11) is 0. The highest BCUT2D eigenvalue weighted by Gasteiger charge is 2.19. The average molecular weight is 283 g/mol. The topological polar surface area (TPSA) is 49.8 Å². The summed E-state index contributed by atoms with van der Waals surface area (Å²) in [5, 5.41) is 9.03. The van der Waals surface area contributed by atoms with Crippen LogP contribution in [-0.2, 0) is 11.3 Å². The summed E-state index contributed by atoms with van der Waals surface area (Å²) < 4.78 is 5.76. The molecule has 4 nitrogen and oxygen atoms in total. The second kappa shape index (κ2) is 6.50. The molecule has 1 unspecified atom stereocenters. The fourth-order valence-electron chi connectivity index (χ4n) is 2.38. The number of aromatic carboxylic acids is 1. The van der Waals surface area contributed by atoms with Gasteiger partial charge in [0.25, 0.3) is 0 Å². The molecule has 0 aromatic carbocycles. The van der Waals surface area contributed by atoms with Crippen LogP contribution >= 0.6 is 11.3 Å². The van der Waals surface area contributed by atoms with Gasteiger partial charge in [-0.1, -0.05) is 6.92 Å². The minimum atomic E-state index is -0.829. The molecule has 1 aliphatic rings. The smallest absolute Gasteiger partial charge is 0.345 e. The second-order valence-electron chi connectivity index (χ2n) is 4.99. The maximum atomic E-state index is 11.0. The quantitative estimate of drug-likeness (QED) is 0.923. The molecule has 0 spiro atoms. The lowest BCUT2D eigenvalue weighted by molar-refractivity contribution is 0.0510. The zero-order chi connectivity index (χ0) is 13.8. The lowest BCUT2D eigenvalue weighted by atomic mass is 10.2. The molecule has 106 valence electrons. The van der Waals surface area contributed by atoms with E-state index in [2.05, 4.69) is 11.8 Å². The van der Waals surface area contributed by atoms with Crippen molar-refractivity contribution in [2.45, 2.75) is 39.3 Å². The number of aryl methyl sites for hydroxylation is 1. The number of rotatable bonds is 4. The summed E-state index contributed by atoms with van der Waals surface area (Å²) >= 11 is 1.37. The number of nitrogens with zero attached hydrogens (tertiary/aromatic N) is 1. The fourth-order valence-corrected chi connectivity index (χ4v) is 3.26. The van der Waals surface area contributed by atoms with Crippen LogP contribution in [0.3, 0.4) is 0 Å². The largest absolute Gasteiger partial charge is 0.477 e. The fraction of sp³-hybridized carbons (Fsp3) is 0.643. The maximum absolute atomic E-state index is 11.0. The van der Waals surface area contributed by atoms with Crippen LogP contribution in [-0.4, -0.2) is 41.8 Å². The van der Waals surface area contributed by atoms with Gasteiger partial charge in [-0.2, -0.15) is 0 Å². The first-order valence-electron chi connectivity index (χ1n) is 6.76. The van der Waals surface area contributed by atoms with Gasteiger partial charge in [-0.3, -0.25) is 4.90 Å². The van der Waals surface area contributed by atoms with E-state index < -0.39 is 5.97 Å². The predicted octanol–water partition coefficient (Wildman–Crippen LogP) is 2.76. The zero-order valence-corrected chi connectivity index (χ0v) is 12.3. The molecule has 1 N–H and O–H groups in total. The minimum absolute atomic E-state index is 0.306. The van der Waals surface area contributed by atoms with Gasteiger partial charge in [0.1, 0.15) is 4.88 Å². The highest BCUT2D eigenvalue weighted by atomic mass is 32.1. The van der Waals surface area contributed by atoms with Crippen molar-refractivity contribution in [1.82, 2.24) is 4.90 Å². The molecular formula is C14H21NO3S. The standard InChI is InChI=1S/C14H21NO3S/c1-3-12-9-15(5-4-6-18-12)8-11-7-13(14(16)17)19-10(11)2/h7,12H,3-6,8-9H2,1-2H3,(H,16,17). The van der Waals surface area contributed by atoms with Crippen molar-refractivity contribution < 1.29 is 14.6 Å². The van der Waals surface area contributed by atoms with Crippen LogP contribution in [0, 0.1) is 6.92 Å². The molecule has 1 fully saturated rings. The number of carbonyl (C=O) groups is 1. The molecule has 1 atom stereocenters. The van der Waals surface area contributed by atoms with E-state index in [4.69, 9.17) is 9.84 Å². The third kappa shape index (κ3) is 3.78. The van der Waals surface area contributed by atoms with Crippen LogP contribution in [0.4, 0.5) is 0 Å². The number of ether oxygens (including phenoxy) is 1. The number of hydrogen-bond donors (Lipinski definition) is 1. The molecule has 0 radical (unpaired) electrons. The van der Waals surface area contributed by atoms with E-state index in [9.17, 15) is 4.79 Å². The normalized spacial score (nSPS) is 21.3. The minimum Gasteiger partial charge on any atom is -0.477 e. The summed E-state index contributed by atoms with van der Waals surface area (Å²) in [5.41, 5.74) is 1.14. The molecule has 1 aromatic rings. The SMILES string of the molecule is CCC1CN(Cc2cc(C(=O)O)sc2C)CCCO1. The molecular weight excluding hydrogens is 262 g/mol. The lowest BCUT2D eigenvalue weighted by Gasteiger charge is -2.22. The van der Waals surface area contributed by atoms with Crippen molar-refractivity contribution >= 4 is 17.3 Å². The first-order valence-corrected chi connectivity index (χ1v) is 7.58. The Bertz CT molecular complexity index is 444. The Morgan fingerprint density at radius 1 is 1.63 bits per heavy atom. The van der Waals surface area contributed by atoms with Crippen molar-refractivity contribution in [3.05, 3.63) is 21.4 Å². The number of carboxylic acids is 1. The Morgan fingerprint density at radius 3 is 3.05 bits per heavy atom. The van der Waals surface area contributed by atoms with Crippen molar-refractivity contribution in [3.63, 3.8) is 0 Å². The highest BCUT2D eigenvalue weighted by Crippen LogP contribution is 2.24. The van der Waals surface area contributed by atoms with E-state index >= 15 is 0 Å². The number of hydrogen-bond acceptors (Lipinski definition) is 4. The van der Waals surface area contributed by atoms with Gasteiger partial charge in [0, 0.05) is 31.1 Å². The first-order chi connectivity index (χ1) is 9.10. The van der Waals surface area contributed by atoms with E-state index in [0.29, 0.717) is 11.0 Å². The summed E-state index contributed by atoms with van der Waals surface area (Å²) in [6.45, 7) is 7.76. The predicted molar refractivity (Wildman–Crippen MR) is 75.9 cm³/mol. The van der Waals surface area contributed by atoms with Crippen LogP contribution in [0.2, 0.25) is 0 Å². The monoisotopic (exact) mass is 283 g/mol. The van der Waals surface area contributed by atoms with Gasteiger partial charge < -0.3 is 9.84 Å². The molecule has 2 heterocycles. The molecule has 2 rings (SSSR count). The molecule has 5 heteroatoms. The molecule has 0 saturated carbocycles. The molecule has 1 aromatic heterocycles. The summed E-state index contributed by atoms with van der Waals surface area (Å²) in [6, 6.07) is 1.81. The van der Waals surface area contributed by atoms with Gasteiger partial charge in [-0.25, -0.2) is 4.79 Å². The van der Waals surface area contributed by atoms with Gasteiger partial charge >= 0.3 is 5.97 Å². The summed E-state index contributed by atoms with van der Waals surface area (Å²) in [4.78, 5) is 14.9. The Labute approximate surface area is 118 Å². The van der Waals surface area contributed by atoms with E-state index in [0.717, 1.165) is 49.5 Å². The highest BCUT2D eigenvalue weighted by molar-refractivity contribution is 7.14. The molecule has 0 amide bonds. The van der Waals surface area contributed by atoms with Gasteiger partial charge in [0.05, 0.1) is 6.10 Å². The third-order valence-corrected chi connectivity index (χ3v) is 4.60. The Balaban J connectivity index is 2.04. The van der Waals surface area contributed by atoms with Crippen molar-refractivity contribution in [2.75, 3.05) is 19.7 Å². The molecule has 0 bridgehead atoms. The summed E-state index contributed by atoms with van der Waals surface area (Å²) in [6.07, 6.45) is 2.38. The van der Waals surface area contributed by atoms with Crippen LogP contribution < -0.4 is 0 Å². The number of thiophene rings is 1. The van der Waals surface area contributed by atoms with E-state index in [1.807, 2.05) is 13.0 Å². The second-order valence-corrected chi connectivity index (χ2v) is 6.24. The molecule has 19 heavy (non-hydrogen) atoms. The van der Waals surface area contributed by atoms with Crippen LogP contribution in [0.25, 0.3) is 0 Å².